The maximum absolute atomic E-state index is 12.6. The summed E-state index contributed by atoms with van der Waals surface area (Å²) in [5.74, 6) is -0.400. The summed E-state index contributed by atoms with van der Waals surface area (Å²) >= 11 is 0. The number of imide groups is 1. The molecule has 1 aliphatic rings. The van der Waals surface area contributed by atoms with Crippen molar-refractivity contribution in [3.05, 3.63) is 53.1 Å². The minimum Gasteiger partial charge on any atom is -0.490 e. The smallest absolute Gasteiger partial charge is 0.261 e. The fourth-order valence-electron chi connectivity index (χ4n) is 2.71. The van der Waals surface area contributed by atoms with Crippen LogP contribution in [0.3, 0.4) is 0 Å². The number of rotatable bonds is 6. The number of hydrogen-bond acceptors (Lipinski definition) is 5. The number of benzene rings is 2. The average Bonchev–Trinajstić information content (AvgIpc) is 2.92. The Labute approximate surface area is 150 Å². The fourth-order valence-corrected chi connectivity index (χ4v) is 2.71. The van der Waals surface area contributed by atoms with Gasteiger partial charge in [-0.05, 0) is 44.2 Å². The molecule has 0 spiro atoms. The number of fused-ring (bicyclic) bond motifs is 1. The van der Waals surface area contributed by atoms with Crippen LogP contribution in [0.1, 0.15) is 44.9 Å². The first-order valence-corrected chi connectivity index (χ1v) is 8.24. The Morgan fingerprint density at radius 3 is 2.46 bits per heavy atom. The van der Waals surface area contributed by atoms with Gasteiger partial charge in [0.2, 0.25) is 0 Å². The predicted molar refractivity (Wildman–Crippen MR) is 95.0 cm³/mol. The van der Waals surface area contributed by atoms with Gasteiger partial charge < -0.3 is 14.8 Å². The number of nitrogens with one attached hydrogen (secondary N) is 2. The van der Waals surface area contributed by atoms with Crippen molar-refractivity contribution in [2.45, 2.75) is 13.8 Å². The highest BCUT2D eigenvalue weighted by Crippen LogP contribution is 2.30. The van der Waals surface area contributed by atoms with E-state index >= 15 is 0 Å². The molecule has 0 atom stereocenters. The Hall–Kier alpha value is -3.35. The van der Waals surface area contributed by atoms with Gasteiger partial charge >= 0.3 is 0 Å². The third kappa shape index (κ3) is 3.23. The van der Waals surface area contributed by atoms with E-state index in [1.807, 2.05) is 13.8 Å². The topological polar surface area (TPSA) is 93.7 Å². The Balaban J connectivity index is 1.89. The van der Waals surface area contributed by atoms with E-state index in [0.29, 0.717) is 30.3 Å². The van der Waals surface area contributed by atoms with E-state index in [9.17, 15) is 14.4 Å². The normalized spacial score (nSPS) is 12.4. The van der Waals surface area contributed by atoms with Crippen LogP contribution in [0.25, 0.3) is 0 Å². The molecule has 3 amide bonds. The molecule has 0 bridgehead atoms. The number of carbonyl (C=O) groups excluding carboxylic acids is 3. The number of ether oxygens (including phenoxy) is 2. The molecule has 1 aliphatic heterocycles. The van der Waals surface area contributed by atoms with Crippen LogP contribution in [-0.2, 0) is 0 Å². The second-order valence-corrected chi connectivity index (χ2v) is 5.49. The average molecular weight is 354 g/mol. The molecule has 7 nitrogen and oxygen atoms in total. The summed E-state index contributed by atoms with van der Waals surface area (Å²) in [5, 5.41) is 4.90. The monoisotopic (exact) mass is 354 g/mol. The van der Waals surface area contributed by atoms with Crippen LogP contribution in [0.5, 0.6) is 11.5 Å². The number of anilines is 1. The molecule has 0 saturated heterocycles. The van der Waals surface area contributed by atoms with Crippen molar-refractivity contribution >= 4 is 23.4 Å². The maximum atomic E-state index is 12.6. The minimum atomic E-state index is -0.525. The highest BCUT2D eigenvalue weighted by molar-refractivity contribution is 6.25. The van der Waals surface area contributed by atoms with Gasteiger partial charge in [0, 0.05) is 5.56 Å². The highest BCUT2D eigenvalue weighted by Gasteiger charge is 2.29. The summed E-state index contributed by atoms with van der Waals surface area (Å²) in [4.78, 5) is 36.3. The zero-order valence-corrected chi connectivity index (χ0v) is 14.4. The van der Waals surface area contributed by atoms with E-state index in [1.54, 1.807) is 30.3 Å². The zero-order chi connectivity index (χ0) is 18.7. The van der Waals surface area contributed by atoms with Crippen LogP contribution in [0.15, 0.2) is 36.4 Å². The van der Waals surface area contributed by atoms with E-state index in [-0.39, 0.29) is 16.8 Å². The van der Waals surface area contributed by atoms with Crippen LogP contribution < -0.4 is 20.1 Å². The lowest BCUT2D eigenvalue weighted by atomic mass is 10.1. The van der Waals surface area contributed by atoms with Crippen molar-refractivity contribution in [1.82, 2.24) is 5.32 Å². The number of amides is 3. The Kier molecular flexibility index (Phi) is 4.88. The molecule has 2 aromatic rings. The van der Waals surface area contributed by atoms with Gasteiger partial charge in [-0.1, -0.05) is 6.07 Å². The van der Waals surface area contributed by atoms with Crippen molar-refractivity contribution < 1.29 is 23.9 Å². The molecule has 3 rings (SSSR count). The van der Waals surface area contributed by atoms with Crippen LogP contribution in [0.2, 0.25) is 0 Å². The van der Waals surface area contributed by atoms with Crippen LogP contribution >= 0.6 is 0 Å². The molecule has 0 radical (unpaired) electrons. The van der Waals surface area contributed by atoms with E-state index < -0.39 is 17.7 Å². The lowest BCUT2D eigenvalue weighted by Crippen LogP contribution is -2.21. The second-order valence-electron chi connectivity index (χ2n) is 5.49. The number of carbonyl (C=O) groups is 3. The summed E-state index contributed by atoms with van der Waals surface area (Å²) in [6, 6.07) is 9.57. The molecule has 0 saturated carbocycles. The van der Waals surface area contributed by atoms with Crippen LogP contribution in [0.4, 0.5) is 5.69 Å². The molecule has 134 valence electrons. The molecular weight excluding hydrogens is 336 g/mol. The molecule has 2 aromatic carbocycles. The van der Waals surface area contributed by atoms with Gasteiger partial charge in [-0.15, -0.1) is 0 Å². The molecule has 7 heteroatoms. The Morgan fingerprint density at radius 1 is 1.00 bits per heavy atom. The quantitative estimate of drug-likeness (QED) is 0.778. The van der Waals surface area contributed by atoms with Gasteiger partial charge in [0.1, 0.15) is 0 Å². The van der Waals surface area contributed by atoms with E-state index in [2.05, 4.69) is 10.6 Å². The standard InChI is InChI=1S/C19H18N2O5/c1-3-25-14-9-8-11(10-15(14)26-4-2)17(22)20-13-7-5-6-12-16(13)19(24)21-18(12)23/h5-10H,3-4H2,1-2H3,(H,20,22)(H,21,23,24). The molecular formula is C19H18N2O5. The Morgan fingerprint density at radius 2 is 1.73 bits per heavy atom. The third-order valence-corrected chi connectivity index (χ3v) is 3.82. The molecule has 1 heterocycles. The molecule has 0 fully saturated rings. The summed E-state index contributed by atoms with van der Waals surface area (Å²) < 4.78 is 11.0. The van der Waals surface area contributed by atoms with Crippen molar-refractivity contribution in [3.63, 3.8) is 0 Å². The highest BCUT2D eigenvalue weighted by atomic mass is 16.5. The van der Waals surface area contributed by atoms with Crippen LogP contribution in [0, 0.1) is 0 Å². The molecule has 26 heavy (non-hydrogen) atoms. The van der Waals surface area contributed by atoms with E-state index in [0.717, 1.165) is 0 Å². The zero-order valence-electron chi connectivity index (χ0n) is 14.4. The first-order chi connectivity index (χ1) is 12.5. The van der Waals surface area contributed by atoms with Gasteiger partial charge in [0.25, 0.3) is 17.7 Å². The predicted octanol–water partition coefficient (Wildman–Crippen LogP) is 2.62. The molecule has 0 aromatic heterocycles. The number of hydrogen-bond donors (Lipinski definition) is 2. The van der Waals surface area contributed by atoms with Crippen molar-refractivity contribution in [2.24, 2.45) is 0 Å². The van der Waals surface area contributed by atoms with Gasteiger partial charge in [0.05, 0.1) is 30.0 Å². The molecule has 2 N–H and O–H groups in total. The van der Waals surface area contributed by atoms with Crippen molar-refractivity contribution in [2.75, 3.05) is 18.5 Å². The van der Waals surface area contributed by atoms with Gasteiger partial charge in [-0.3, -0.25) is 19.7 Å². The first-order valence-electron chi connectivity index (χ1n) is 8.24. The largest absolute Gasteiger partial charge is 0.490 e. The minimum absolute atomic E-state index is 0.168. The second kappa shape index (κ2) is 7.26. The maximum Gasteiger partial charge on any atom is 0.261 e. The molecule has 0 unspecified atom stereocenters. The summed E-state index contributed by atoms with van der Waals surface area (Å²) in [6.07, 6.45) is 0. The van der Waals surface area contributed by atoms with E-state index in [4.69, 9.17) is 9.47 Å². The third-order valence-electron chi connectivity index (χ3n) is 3.82. The summed E-state index contributed by atoms with van der Waals surface area (Å²) in [5.41, 5.74) is 1.04. The SMILES string of the molecule is CCOc1ccc(C(=O)Nc2cccc3c2C(=O)NC3=O)cc1OCC. The lowest BCUT2D eigenvalue weighted by molar-refractivity contribution is 0.0879. The van der Waals surface area contributed by atoms with Crippen molar-refractivity contribution in [3.8, 4) is 11.5 Å². The van der Waals surface area contributed by atoms with Gasteiger partial charge in [0.15, 0.2) is 11.5 Å². The first kappa shape index (κ1) is 17.5. The van der Waals surface area contributed by atoms with Gasteiger partial charge in [-0.2, -0.15) is 0 Å². The Bertz CT molecular complexity index is 891. The molecule has 0 aliphatic carbocycles. The summed E-state index contributed by atoms with van der Waals surface area (Å²) in [6.45, 7) is 4.61. The summed E-state index contributed by atoms with van der Waals surface area (Å²) in [7, 11) is 0. The van der Waals surface area contributed by atoms with Crippen LogP contribution in [-0.4, -0.2) is 30.9 Å². The van der Waals surface area contributed by atoms with E-state index in [1.165, 1.54) is 6.07 Å². The van der Waals surface area contributed by atoms with Crippen molar-refractivity contribution in [1.29, 1.82) is 0 Å². The fraction of sp³-hybridized carbons (Fsp3) is 0.211. The van der Waals surface area contributed by atoms with Gasteiger partial charge in [-0.25, -0.2) is 0 Å². The lowest BCUT2D eigenvalue weighted by Gasteiger charge is -2.13.